The van der Waals surface area contributed by atoms with E-state index in [1.807, 2.05) is 6.92 Å². The molecule has 1 aliphatic heterocycles. The van der Waals surface area contributed by atoms with Crippen LogP contribution in [0.2, 0.25) is 0 Å². The number of ether oxygens (including phenoxy) is 2. The van der Waals surface area contributed by atoms with Gasteiger partial charge in [0.15, 0.2) is 0 Å². The summed E-state index contributed by atoms with van der Waals surface area (Å²) in [6, 6.07) is 0. The van der Waals surface area contributed by atoms with Crippen molar-refractivity contribution in [2.45, 2.75) is 31.8 Å². The van der Waals surface area contributed by atoms with Crippen LogP contribution in [0.5, 0.6) is 0 Å². The maximum atomic E-state index is 12.2. The summed E-state index contributed by atoms with van der Waals surface area (Å²) in [5.41, 5.74) is 2.69. The largest absolute Gasteiger partial charge is 0.457 e. The third kappa shape index (κ3) is 3.37. The number of aromatic nitrogens is 1. The summed E-state index contributed by atoms with van der Waals surface area (Å²) in [5, 5.41) is 0. The van der Waals surface area contributed by atoms with Gasteiger partial charge in [-0.3, -0.25) is 4.90 Å². The molecule has 0 bridgehead atoms. The van der Waals surface area contributed by atoms with Crippen molar-refractivity contribution in [3.63, 3.8) is 0 Å². The van der Waals surface area contributed by atoms with Gasteiger partial charge in [0.2, 0.25) is 0 Å². The molecule has 6 heteroatoms. The summed E-state index contributed by atoms with van der Waals surface area (Å²) in [5.74, 6) is 0.272. The predicted octanol–water partition coefficient (Wildman–Crippen LogP) is 1.90. The lowest BCUT2D eigenvalue weighted by molar-refractivity contribution is 0.000655. The fraction of sp³-hybridized carbons (Fsp3) is 0.714. The standard InChI is InChI=1S/C14H20N2O3S/c1-10(8-16-4-6-18-7-5-16)19-14(17)13-12(11-2-3-11)15-9-20-13/h9-11H,2-8H2,1H3/t10-/m1/s1. The molecule has 0 radical (unpaired) electrons. The number of esters is 1. The van der Waals surface area contributed by atoms with E-state index in [9.17, 15) is 4.79 Å². The highest BCUT2D eigenvalue weighted by atomic mass is 32.1. The van der Waals surface area contributed by atoms with Gasteiger partial charge in [0.1, 0.15) is 11.0 Å². The fourth-order valence-corrected chi connectivity index (χ4v) is 3.23. The Morgan fingerprint density at radius 2 is 2.30 bits per heavy atom. The molecule has 1 atom stereocenters. The van der Waals surface area contributed by atoms with Crippen molar-refractivity contribution >= 4 is 17.3 Å². The number of rotatable bonds is 5. The predicted molar refractivity (Wildman–Crippen MR) is 76.2 cm³/mol. The van der Waals surface area contributed by atoms with E-state index < -0.39 is 0 Å². The maximum Gasteiger partial charge on any atom is 0.350 e. The molecule has 2 heterocycles. The van der Waals surface area contributed by atoms with Gasteiger partial charge in [-0.25, -0.2) is 9.78 Å². The van der Waals surface area contributed by atoms with Gasteiger partial charge in [-0.1, -0.05) is 0 Å². The van der Waals surface area contributed by atoms with Gasteiger partial charge in [0.05, 0.1) is 24.4 Å². The van der Waals surface area contributed by atoms with Crippen LogP contribution in [0.1, 0.15) is 41.0 Å². The SMILES string of the molecule is C[C@H](CN1CCOCC1)OC(=O)c1scnc1C1CC1. The summed E-state index contributed by atoms with van der Waals surface area (Å²) in [6.45, 7) is 6.08. The lowest BCUT2D eigenvalue weighted by Gasteiger charge is -2.28. The molecule has 20 heavy (non-hydrogen) atoms. The number of morpholine rings is 1. The van der Waals surface area contributed by atoms with Crippen LogP contribution in [-0.2, 0) is 9.47 Å². The highest BCUT2D eigenvalue weighted by molar-refractivity contribution is 7.11. The van der Waals surface area contributed by atoms with Crippen molar-refractivity contribution in [1.82, 2.24) is 9.88 Å². The van der Waals surface area contributed by atoms with E-state index in [2.05, 4.69) is 9.88 Å². The van der Waals surface area contributed by atoms with Crippen molar-refractivity contribution < 1.29 is 14.3 Å². The third-order valence-electron chi connectivity index (χ3n) is 3.67. The van der Waals surface area contributed by atoms with Crippen molar-refractivity contribution in [2.75, 3.05) is 32.8 Å². The minimum atomic E-state index is -0.213. The van der Waals surface area contributed by atoms with Crippen LogP contribution in [0.15, 0.2) is 5.51 Å². The van der Waals surface area contributed by atoms with Crippen LogP contribution in [0, 0.1) is 0 Å². The molecule has 5 nitrogen and oxygen atoms in total. The molecule has 1 aromatic rings. The van der Waals surface area contributed by atoms with E-state index in [-0.39, 0.29) is 12.1 Å². The van der Waals surface area contributed by atoms with Gasteiger partial charge < -0.3 is 9.47 Å². The quantitative estimate of drug-likeness (QED) is 0.777. The molecule has 2 fully saturated rings. The van der Waals surface area contributed by atoms with Gasteiger partial charge in [-0.15, -0.1) is 11.3 Å². The number of hydrogen-bond donors (Lipinski definition) is 0. The van der Waals surface area contributed by atoms with Crippen LogP contribution in [-0.4, -0.2) is 54.8 Å². The number of carbonyl (C=O) groups excluding carboxylic acids is 1. The highest BCUT2D eigenvalue weighted by Gasteiger charge is 2.31. The lowest BCUT2D eigenvalue weighted by atomic mass is 10.2. The van der Waals surface area contributed by atoms with Crippen molar-refractivity contribution in [2.24, 2.45) is 0 Å². The molecule has 110 valence electrons. The Bertz CT molecular complexity index is 467. The Labute approximate surface area is 122 Å². The summed E-state index contributed by atoms with van der Waals surface area (Å²) in [4.78, 5) is 19.5. The second kappa shape index (κ2) is 6.20. The van der Waals surface area contributed by atoms with Crippen LogP contribution in [0.4, 0.5) is 0 Å². The van der Waals surface area contributed by atoms with Gasteiger partial charge in [0.25, 0.3) is 0 Å². The molecule has 1 saturated heterocycles. The molecule has 0 spiro atoms. The zero-order valence-electron chi connectivity index (χ0n) is 11.7. The minimum Gasteiger partial charge on any atom is -0.457 e. The number of nitrogens with zero attached hydrogens (tertiary/aromatic N) is 2. The summed E-state index contributed by atoms with van der Waals surface area (Å²) >= 11 is 1.39. The smallest absolute Gasteiger partial charge is 0.350 e. The zero-order valence-corrected chi connectivity index (χ0v) is 12.5. The van der Waals surface area contributed by atoms with Crippen LogP contribution >= 0.6 is 11.3 Å². The molecule has 1 aromatic heterocycles. The van der Waals surface area contributed by atoms with E-state index in [1.54, 1.807) is 5.51 Å². The summed E-state index contributed by atoms with van der Waals surface area (Å²) < 4.78 is 10.9. The van der Waals surface area contributed by atoms with Crippen LogP contribution in [0.3, 0.4) is 0 Å². The van der Waals surface area contributed by atoms with Crippen LogP contribution in [0.25, 0.3) is 0 Å². The third-order valence-corrected chi connectivity index (χ3v) is 4.49. The number of carbonyl (C=O) groups is 1. The lowest BCUT2D eigenvalue weighted by Crippen LogP contribution is -2.41. The first kappa shape index (κ1) is 14.0. The van der Waals surface area contributed by atoms with Crippen molar-refractivity contribution in [3.8, 4) is 0 Å². The molecular formula is C14H20N2O3S. The Morgan fingerprint density at radius 3 is 3.00 bits per heavy atom. The van der Waals surface area contributed by atoms with E-state index >= 15 is 0 Å². The molecule has 1 saturated carbocycles. The van der Waals surface area contributed by atoms with Gasteiger partial charge in [-0.05, 0) is 19.8 Å². The second-order valence-electron chi connectivity index (χ2n) is 5.47. The Hall–Kier alpha value is -0.980. The van der Waals surface area contributed by atoms with Gasteiger partial charge >= 0.3 is 5.97 Å². The maximum absolute atomic E-state index is 12.2. The first-order valence-corrected chi connectivity index (χ1v) is 8.06. The molecule has 0 N–H and O–H groups in total. The fourth-order valence-electron chi connectivity index (χ4n) is 2.48. The first-order chi connectivity index (χ1) is 9.74. The Kier molecular flexibility index (Phi) is 4.33. The number of thiazole rings is 1. The molecule has 0 aromatic carbocycles. The molecular weight excluding hydrogens is 276 g/mol. The Morgan fingerprint density at radius 1 is 1.55 bits per heavy atom. The second-order valence-corrected chi connectivity index (χ2v) is 6.32. The Balaban J connectivity index is 1.53. The van der Waals surface area contributed by atoms with Crippen molar-refractivity contribution in [3.05, 3.63) is 16.1 Å². The average molecular weight is 296 g/mol. The van der Waals surface area contributed by atoms with E-state index in [0.717, 1.165) is 51.4 Å². The molecule has 3 rings (SSSR count). The average Bonchev–Trinajstić information content (AvgIpc) is 3.16. The van der Waals surface area contributed by atoms with E-state index in [4.69, 9.17) is 9.47 Å². The van der Waals surface area contributed by atoms with Crippen LogP contribution < -0.4 is 0 Å². The summed E-state index contributed by atoms with van der Waals surface area (Å²) in [7, 11) is 0. The monoisotopic (exact) mass is 296 g/mol. The van der Waals surface area contributed by atoms with Gasteiger partial charge in [0, 0.05) is 25.6 Å². The highest BCUT2D eigenvalue weighted by Crippen LogP contribution is 2.41. The summed E-state index contributed by atoms with van der Waals surface area (Å²) in [6.07, 6.45) is 2.19. The first-order valence-electron chi connectivity index (χ1n) is 7.18. The molecule has 0 unspecified atom stereocenters. The molecule has 1 aliphatic carbocycles. The topological polar surface area (TPSA) is 51.7 Å². The molecule has 0 amide bonds. The van der Waals surface area contributed by atoms with E-state index in [0.29, 0.717) is 10.8 Å². The van der Waals surface area contributed by atoms with Crippen molar-refractivity contribution in [1.29, 1.82) is 0 Å². The van der Waals surface area contributed by atoms with E-state index in [1.165, 1.54) is 11.3 Å². The van der Waals surface area contributed by atoms with Gasteiger partial charge in [-0.2, -0.15) is 0 Å². The zero-order chi connectivity index (χ0) is 13.9. The number of hydrogen-bond acceptors (Lipinski definition) is 6. The molecule has 2 aliphatic rings. The normalized spacial score (nSPS) is 21.6. The minimum absolute atomic E-state index is 0.102.